The van der Waals surface area contributed by atoms with E-state index in [9.17, 15) is 0 Å². The molecule has 0 amide bonds. The van der Waals surface area contributed by atoms with Crippen LogP contribution in [0.3, 0.4) is 0 Å². The van der Waals surface area contributed by atoms with E-state index >= 15 is 0 Å². The number of nitrogens with one attached hydrogen (secondary N) is 1. The Kier molecular flexibility index (Phi) is 2.45. The highest BCUT2D eigenvalue weighted by atomic mass is 16.7. The summed E-state index contributed by atoms with van der Waals surface area (Å²) in [6, 6.07) is 9.43. The molecule has 0 bridgehead atoms. The fraction of sp³-hybridized carbons (Fsp3) is 0.143. The minimum atomic E-state index is -0.326. The van der Waals surface area contributed by atoms with Gasteiger partial charge in [-0.3, -0.25) is 4.98 Å². The predicted molar refractivity (Wildman–Crippen MR) is 70.3 cm³/mol. The normalized spacial score (nSPS) is 19.2. The van der Waals surface area contributed by atoms with Gasteiger partial charge in [-0.15, -0.1) is 0 Å². The minimum Gasteiger partial charge on any atom is -0.454 e. The van der Waals surface area contributed by atoms with Crippen LogP contribution in [-0.2, 0) is 4.84 Å². The second-order valence-corrected chi connectivity index (χ2v) is 4.42. The molecule has 3 heterocycles. The fourth-order valence-corrected chi connectivity index (χ4v) is 2.15. The summed E-state index contributed by atoms with van der Waals surface area (Å²) in [6.07, 6.45) is 3.11. The number of oxime groups is 1. The molecule has 0 fully saturated rings. The summed E-state index contributed by atoms with van der Waals surface area (Å²) >= 11 is 0. The predicted octanol–water partition coefficient (Wildman–Crippen LogP) is 1.79. The van der Waals surface area contributed by atoms with E-state index in [1.807, 2.05) is 30.3 Å². The van der Waals surface area contributed by atoms with Gasteiger partial charge in [0, 0.05) is 23.5 Å². The molecule has 2 aliphatic rings. The van der Waals surface area contributed by atoms with Gasteiger partial charge in [0.25, 0.3) is 0 Å². The van der Waals surface area contributed by atoms with E-state index in [1.54, 1.807) is 12.4 Å². The molecule has 0 saturated carbocycles. The SMILES string of the molecule is c1cc(C2=NOC(c3ccc4c(c3)OCO4)N2)ccn1. The largest absolute Gasteiger partial charge is 0.454 e. The highest BCUT2D eigenvalue weighted by Gasteiger charge is 2.24. The topological polar surface area (TPSA) is 65.0 Å². The quantitative estimate of drug-likeness (QED) is 0.900. The Labute approximate surface area is 115 Å². The van der Waals surface area contributed by atoms with Crippen LogP contribution in [-0.4, -0.2) is 17.6 Å². The van der Waals surface area contributed by atoms with Crippen LogP contribution < -0.4 is 14.8 Å². The van der Waals surface area contributed by atoms with Crippen molar-refractivity contribution in [3.8, 4) is 11.5 Å². The number of pyridine rings is 1. The molecule has 2 aromatic rings. The lowest BCUT2D eigenvalue weighted by Crippen LogP contribution is -2.23. The maximum Gasteiger partial charge on any atom is 0.231 e. The van der Waals surface area contributed by atoms with Crippen LogP contribution in [0.15, 0.2) is 47.9 Å². The number of amidine groups is 1. The molecule has 1 N–H and O–H groups in total. The smallest absolute Gasteiger partial charge is 0.231 e. The second kappa shape index (κ2) is 4.41. The third-order valence-electron chi connectivity index (χ3n) is 3.17. The summed E-state index contributed by atoms with van der Waals surface area (Å²) in [5.41, 5.74) is 1.87. The first-order valence-electron chi connectivity index (χ1n) is 6.20. The van der Waals surface area contributed by atoms with Gasteiger partial charge >= 0.3 is 0 Å². The molecule has 0 aliphatic carbocycles. The Balaban J connectivity index is 1.55. The Hall–Kier alpha value is -2.76. The highest BCUT2D eigenvalue weighted by molar-refractivity contribution is 5.99. The van der Waals surface area contributed by atoms with Crippen LogP contribution in [0, 0.1) is 0 Å². The van der Waals surface area contributed by atoms with Crippen LogP contribution in [0.4, 0.5) is 0 Å². The molecule has 100 valence electrons. The van der Waals surface area contributed by atoms with Gasteiger partial charge in [-0.25, -0.2) is 0 Å². The van der Waals surface area contributed by atoms with Gasteiger partial charge in [0.15, 0.2) is 17.3 Å². The number of aromatic nitrogens is 1. The van der Waals surface area contributed by atoms with Crippen molar-refractivity contribution in [2.45, 2.75) is 6.23 Å². The van der Waals surface area contributed by atoms with Crippen molar-refractivity contribution >= 4 is 5.84 Å². The molecule has 2 aliphatic heterocycles. The Morgan fingerprint density at radius 2 is 1.90 bits per heavy atom. The molecular weight excluding hydrogens is 258 g/mol. The number of hydrogen-bond donors (Lipinski definition) is 1. The number of hydrogen-bond acceptors (Lipinski definition) is 6. The molecule has 1 aromatic carbocycles. The standard InChI is InChI=1S/C14H11N3O3/c1-2-11-12(19-8-18-11)7-10(1)14-16-13(17-20-14)9-3-5-15-6-4-9/h1-7,14H,8H2,(H,16,17). The Bertz CT molecular complexity index is 673. The molecule has 4 rings (SSSR count). The van der Waals surface area contributed by atoms with Crippen LogP contribution >= 0.6 is 0 Å². The van der Waals surface area contributed by atoms with Crippen molar-refractivity contribution in [3.05, 3.63) is 53.9 Å². The number of benzene rings is 1. The Morgan fingerprint density at radius 1 is 1.05 bits per heavy atom. The van der Waals surface area contributed by atoms with E-state index in [1.165, 1.54) is 0 Å². The Morgan fingerprint density at radius 3 is 2.80 bits per heavy atom. The molecule has 1 atom stereocenters. The van der Waals surface area contributed by atoms with Crippen LogP contribution in [0.5, 0.6) is 11.5 Å². The number of fused-ring (bicyclic) bond motifs is 1. The third kappa shape index (κ3) is 1.82. The summed E-state index contributed by atoms with van der Waals surface area (Å²) in [6.45, 7) is 0.260. The molecule has 1 unspecified atom stereocenters. The summed E-state index contributed by atoms with van der Waals surface area (Å²) in [5, 5.41) is 7.28. The van der Waals surface area contributed by atoms with E-state index in [-0.39, 0.29) is 13.0 Å². The van der Waals surface area contributed by atoms with Crippen molar-refractivity contribution in [2.24, 2.45) is 5.16 Å². The number of ether oxygens (including phenoxy) is 2. The lowest BCUT2D eigenvalue weighted by atomic mass is 10.1. The fourth-order valence-electron chi connectivity index (χ4n) is 2.15. The zero-order valence-electron chi connectivity index (χ0n) is 10.4. The molecule has 6 nitrogen and oxygen atoms in total. The van der Waals surface area contributed by atoms with Gasteiger partial charge in [0.1, 0.15) is 0 Å². The number of rotatable bonds is 2. The molecular formula is C14H11N3O3. The maximum atomic E-state index is 5.43. The zero-order chi connectivity index (χ0) is 13.4. The van der Waals surface area contributed by atoms with Crippen molar-refractivity contribution in [1.29, 1.82) is 0 Å². The van der Waals surface area contributed by atoms with Gasteiger partial charge in [-0.05, 0) is 30.3 Å². The van der Waals surface area contributed by atoms with E-state index in [4.69, 9.17) is 14.3 Å². The van der Waals surface area contributed by atoms with E-state index < -0.39 is 0 Å². The minimum absolute atomic E-state index is 0.260. The lowest BCUT2D eigenvalue weighted by molar-refractivity contribution is 0.0728. The van der Waals surface area contributed by atoms with E-state index in [2.05, 4.69) is 15.5 Å². The average molecular weight is 269 g/mol. The first kappa shape index (κ1) is 11.1. The van der Waals surface area contributed by atoms with Gasteiger partial charge in [-0.2, -0.15) is 0 Å². The van der Waals surface area contributed by atoms with Gasteiger partial charge in [0.05, 0.1) is 0 Å². The third-order valence-corrected chi connectivity index (χ3v) is 3.17. The van der Waals surface area contributed by atoms with Gasteiger partial charge in [-0.1, -0.05) is 5.16 Å². The molecule has 6 heteroatoms. The summed E-state index contributed by atoms with van der Waals surface area (Å²) in [7, 11) is 0. The number of nitrogens with zero attached hydrogens (tertiary/aromatic N) is 2. The van der Waals surface area contributed by atoms with Crippen LogP contribution in [0.1, 0.15) is 17.4 Å². The van der Waals surface area contributed by atoms with Crippen LogP contribution in [0.25, 0.3) is 0 Å². The van der Waals surface area contributed by atoms with Gasteiger partial charge in [0.2, 0.25) is 13.0 Å². The zero-order valence-corrected chi connectivity index (χ0v) is 10.4. The first-order valence-corrected chi connectivity index (χ1v) is 6.20. The van der Waals surface area contributed by atoms with Crippen molar-refractivity contribution in [1.82, 2.24) is 10.3 Å². The van der Waals surface area contributed by atoms with Crippen molar-refractivity contribution in [3.63, 3.8) is 0 Å². The van der Waals surface area contributed by atoms with E-state index in [0.717, 1.165) is 22.6 Å². The molecule has 0 radical (unpaired) electrons. The maximum absolute atomic E-state index is 5.43. The summed E-state index contributed by atoms with van der Waals surface area (Å²) in [4.78, 5) is 9.41. The summed E-state index contributed by atoms with van der Waals surface area (Å²) < 4.78 is 10.6. The second-order valence-electron chi connectivity index (χ2n) is 4.42. The van der Waals surface area contributed by atoms with E-state index in [0.29, 0.717) is 5.84 Å². The summed E-state index contributed by atoms with van der Waals surface area (Å²) in [5.74, 6) is 2.17. The van der Waals surface area contributed by atoms with Gasteiger partial charge < -0.3 is 19.6 Å². The average Bonchev–Trinajstić information content (AvgIpc) is 3.16. The molecule has 1 aromatic heterocycles. The highest BCUT2D eigenvalue weighted by Crippen LogP contribution is 2.35. The molecule has 0 spiro atoms. The monoisotopic (exact) mass is 269 g/mol. The molecule has 0 saturated heterocycles. The van der Waals surface area contributed by atoms with Crippen molar-refractivity contribution < 1.29 is 14.3 Å². The first-order chi connectivity index (χ1) is 9.90. The lowest BCUT2D eigenvalue weighted by Gasteiger charge is -2.10. The molecule has 20 heavy (non-hydrogen) atoms. The van der Waals surface area contributed by atoms with Crippen LogP contribution in [0.2, 0.25) is 0 Å². The van der Waals surface area contributed by atoms with Crippen molar-refractivity contribution in [2.75, 3.05) is 6.79 Å².